The number of phenolic OH excluding ortho intramolecular Hbond substituents is 1. The maximum absolute atomic E-state index is 12.0. The molecule has 5 rings (SSSR count). The van der Waals surface area contributed by atoms with E-state index < -0.39 is 0 Å². The van der Waals surface area contributed by atoms with Crippen LogP contribution in [-0.2, 0) is 0 Å². The van der Waals surface area contributed by atoms with Crippen LogP contribution >= 0.6 is 0 Å². The number of benzene rings is 5. The highest BCUT2D eigenvalue weighted by atomic mass is 16.5. The predicted molar refractivity (Wildman–Crippen MR) is 169 cm³/mol. The molecule has 0 saturated heterocycles. The van der Waals surface area contributed by atoms with Crippen LogP contribution in [0.4, 0.5) is 0 Å². The van der Waals surface area contributed by atoms with Gasteiger partial charge in [0.25, 0.3) is 0 Å². The number of para-hydroxylation sites is 1. The summed E-state index contributed by atoms with van der Waals surface area (Å²) in [6.07, 6.45) is 0. The first-order chi connectivity index (χ1) is 19.1. The molecule has 2 nitrogen and oxygen atoms in total. The predicted octanol–water partition coefficient (Wildman–Crippen LogP) is 10.7. The van der Waals surface area contributed by atoms with Crippen LogP contribution in [0.3, 0.4) is 0 Å². The summed E-state index contributed by atoms with van der Waals surface area (Å²) in [5, 5.41) is 12.0. The van der Waals surface area contributed by atoms with Gasteiger partial charge in [0.1, 0.15) is 17.2 Å². The lowest BCUT2D eigenvalue weighted by Crippen LogP contribution is -2.03. The van der Waals surface area contributed by atoms with Crippen LogP contribution in [-0.4, -0.2) is 5.11 Å². The first-order valence-electron chi connectivity index (χ1n) is 13.9. The molecular weight excluding hydrogens is 488 g/mol. The van der Waals surface area contributed by atoms with Crippen LogP contribution < -0.4 is 4.74 Å². The highest BCUT2D eigenvalue weighted by molar-refractivity contribution is 6.00. The molecule has 0 atom stereocenters. The van der Waals surface area contributed by atoms with E-state index in [1.54, 1.807) is 0 Å². The Labute approximate surface area is 238 Å². The first-order valence-corrected chi connectivity index (χ1v) is 13.9. The Morgan fingerprint density at radius 2 is 0.750 bits per heavy atom. The quantitative estimate of drug-likeness (QED) is 0.247. The van der Waals surface area contributed by atoms with Gasteiger partial charge in [-0.05, 0) is 123 Å². The zero-order valence-corrected chi connectivity index (χ0v) is 24.9. The summed E-state index contributed by atoms with van der Waals surface area (Å²) < 4.78 is 7.12. The number of rotatable bonds is 5. The fourth-order valence-corrected chi connectivity index (χ4v) is 6.15. The fraction of sp³-hybridized carbons (Fsp3) is 0.211. The molecule has 40 heavy (non-hydrogen) atoms. The van der Waals surface area contributed by atoms with E-state index in [-0.39, 0.29) is 5.75 Å². The summed E-state index contributed by atoms with van der Waals surface area (Å²) in [5.41, 5.74) is 14.7. The van der Waals surface area contributed by atoms with Gasteiger partial charge in [-0.15, -0.1) is 0 Å². The normalized spacial score (nSPS) is 11.1. The van der Waals surface area contributed by atoms with Gasteiger partial charge in [-0.2, -0.15) is 0 Å². The van der Waals surface area contributed by atoms with Crippen LogP contribution in [0.15, 0.2) is 78.9 Å². The Hall–Kier alpha value is -4.30. The highest BCUT2D eigenvalue weighted by Gasteiger charge is 2.28. The molecule has 0 aliphatic heterocycles. The van der Waals surface area contributed by atoms with Crippen molar-refractivity contribution in [2.45, 2.75) is 55.4 Å². The molecular formula is C38H38O2. The third kappa shape index (κ3) is 4.69. The van der Waals surface area contributed by atoms with Crippen molar-refractivity contribution in [3.05, 3.63) is 123 Å². The Morgan fingerprint density at radius 1 is 0.400 bits per heavy atom. The van der Waals surface area contributed by atoms with Crippen LogP contribution in [0, 0.1) is 55.4 Å². The molecule has 202 valence electrons. The molecule has 0 aromatic heterocycles. The fourth-order valence-electron chi connectivity index (χ4n) is 6.15. The van der Waals surface area contributed by atoms with E-state index in [1.165, 1.54) is 0 Å². The van der Waals surface area contributed by atoms with Crippen LogP contribution in [0.5, 0.6) is 17.2 Å². The highest BCUT2D eigenvalue weighted by Crippen LogP contribution is 2.54. The summed E-state index contributed by atoms with van der Waals surface area (Å²) in [6, 6.07) is 27.2. The summed E-state index contributed by atoms with van der Waals surface area (Å²) in [7, 11) is 0. The third-order valence-electron chi connectivity index (χ3n) is 8.08. The lowest BCUT2D eigenvalue weighted by atomic mass is 9.82. The van der Waals surface area contributed by atoms with Gasteiger partial charge in [0.15, 0.2) is 0 Å². The van der Waals surface area contributed by atoms with Gasteiger partial charge in [0, 0.05) is 16.7 Å². The molecule has 0 saturated carbocycles. The number of hydrogen-bond acceptors (Lipinski definition) is 2. The summed E-state index contributed by atoms with van der Waals surface area (Å²) in [5.74, 6) is 1.87. The molecule has 0 aliphatic carbocycles. The molecule has 0 radical (unpaired) electrons. The first kappa shape index (κ1) is 27.3. The van der Waals surface area contributed by atoms with E-state index in [4.69, 9.17) is 4.74 Å². The molecule has 1 N–H and O–H groups in total. The van der Waals surface area contributed by atoms with Gasteiger partial charge in [-0.1, -0.05) is 72.8 Å². The minimum Gasteiger partial charge on any atom is -0.507 e. The van der Waals surface area contributed by atoms with E-state index in [9.17, 15) is 5.11 Å². The molecule has 0 spiro atoms. The maximum Gasteiger partial charge on any atom is 0.144 e. The van der Waals surface area contributed by atoms with E-state index in [2.05, 4.69) is 128 Å². The number of ether oxygens (including phenoxy) is 1. The molecule has 0 amide bonds. The summed E-state index contributed by atoms with van der Waals surface area (Å²) >= 11 is 0. The Morgan fingerprint density at radius 3 is 1.18 bits per heavy atom. The van der Waals surface area contributed by atoms with Gasteiger partial charge < -0.3 is 9.84 Å². The average molecular weight is 527 g/mol. The van der Waals surface area contributed by atoms with Crippen LogP contribution in [0.1, 0.15) is 44.5 Å². The second-order valence-electron chi connectivity index (χ2n) is 11.1. The smallest absolute Gasteiger partial charge is 0.144 e. The van der Waals surface area contributed by atoms with Gasteiger partial charge in [-0.25, -0.2) is 0 Å². The molecule has 0 unspecified atom stereocenters. The Balaban J connectivity index is 2.04. The van der Waals surface area contributed by atoms with Gasteiger partial charge >= 0.3 is 0 Å². The molecule has 0 heterocycles. The standard InChI is InChI=1S/C38H38O2/c1-22-13-9-14-23(2)32(22)30-21-31(39)35(33-24(3)15-10-16-25(33)4)36(34-26(5)17-11-18-27(34)6)38(30)40-37-28(7)19-12-20-29(37)8/h9-21,39H,1-8H3. The van der Waals surface area contributed by atoms with Gasteiger partial charge in [0.2, 0.25) is 0 Å². The summed E-state index contributed by atoms with van der Waals surface area (Å²) in [4.78, 5) is 0. The van der Waals surface area contributed by atoms with Crippen molar-refractivity contribution >= 4 is 0 Å². The van der Waals surface area contributed by atoms with E-state index in [0.717, 1.165) is 89.4 Å². The minimum atomic E-state index is 0.251. The minimum absolute atomic E-state index is 0.251. The second-order valence-corrected chi connectivity index (χ2v) is 11.1. The number of aryl methyl sites for hydroxylation is 8. The average Bonchev–Trinajstić information content (AvgIpc) is 2.88. The Kier molecular flexibility index (Phi) is 7.29. The van der Waals surface area contributed by atoms with Crippen molar-refractivity contribution in [2.75, 3.05) is 0 Å². The molecule has 2 heteroatoms. The van der Waals surface area contributed by atoms with Gasteiger partial charge in [0.05, 0.1) is 0 Å². The van der Waals surface area contributed by atoms with Crippen molar-refractivity contribution in [2.24, 2.45) is 0 Å². The SMILES string of the molecule is Cc1cccc(C)c1Oc1c(-c2c(C)cccc2C)cc(O)c(-c2c(C)cccc2C)c1-c1c(C)cccc1C. The van der Waals surface area contributed by atoms with Crippen molar-refractivity contribution in [3.63, 3.8) is 0 Å². The molecule has 5 aromatic carbocycles. The lowest BCUT2D eigenvalue weighted by molar-refractivity contribution is 0.466. The van der Waals surface area contributed by atoms with Crippen molar-refractivity contribution in [1.82, 2.24) is 0 Å². The van der Waals surface area contributed by atoms with Crippen molar-refractivity contribution < 1.29 is 9.84 Å². The van der Waals surface area contributed by atoms with Crippen LogP contribution in [0.2, 0.25) is 0 Å². The topological polar surface area (TPSA) is 29.5 Å². The van der Waals surface area contributed by atoms with Crippen molar-refractivity contribution in [1.29, 1.82) is 0 Å². The second kappa shape index (κ2) is 10.7. The maximum atomic E-state index is 12.0. The van der Waals surface area contributed by atoms with E-state index in [1.807, 2.05) is 6.07 Å². The van der Waals surface area contributed by atoms with E-state index in [0.29, 0.717) is 0 Å². The van der Waals surface area contributed by atoms with Crippen LogP contribution in [0.25, 0.3) is 33.4 Å². The van der Waals surface area contributed by atoms with Crippen molar-refractivity contribution in [3.8, 4) is 50.6 Å². The Bertz CT molecular complexity index is 1680. The molecule has 0 fully saturated rings. The lowest BCUT2D eigenvalue weighted by Gasteiger charge is -2.26. The third-order valence-corrected chi connectivity index (χ3v) is 8.08. The summed E-state index contributed by atoms with van der Waals surface area (Å²) in [6.45, 7) is 16.9. The number of aromatic hydroxyl groups is 1. The van der Waals surface area contributed by atoms with Gasteiger partial charge in [-0.3, -0.25) is 0 Å². The monoisotopic (exact) mass is 526 g/mol. The molecule has 5 aromatic rings. The largest absolute Gasteiger partial charge is 0.507 e. The zero-order chi connectivity index (χ0) is 28.7. The zero-order valence-electron chi connectivity index (χ0n) is 24.9. The molecule has 0 aliphatic rings. The number of phenols is 1. The molecule has 0 bridgehead atoms. The number of hydrogen-bond donors (Lipinski definition) is 1. The van der Waals surface area contributed by atoms with E-state index >= 15 is 0 Å².